The number of carbonyl (C=O) groups excluding carboxylic acids is 1. The molecule has 5 heterocycles. The summed E-state index contributed by atoms with van der Waals surface area (Å²) in [6, 6.07) is 25.2. The molecule has 3 fully saturated rings. The van der Waals surface area contributed by atoms with Crippen LogP contribution in [0.2, 0.25) is 0 Å². The third-order valence-corrected chi connectivity index (χ3v) is 10.5. The normalized spacial score (nSPS) is 23.7. The number of carbonyl (C=O) groups is 1. The molecule has 216 valence electrons. The lowest BCUT2D eigenvalue weighted by Crippen LogP contribution is -2.49. The summed E-state index contributed by atoms with van der Waals surface area (Å²) in [5.41, 5.74) is 5.22. The Bertz CT molecular complexity index is 1570. The molecule has 3 saturated heterocycles. The number of piperidine rings is 2. The number of aryl methyl sites for hydroxylation is 1. The highest BCUT2D eigenvalue weighted by Gasteiger charge is 2.44. The minimum Gasteiger partial charge on any atom is -0.337 e. The molecule has 2 atom stereocenters. The summed E-state index contributed by atoms with van der Waals surface area (Å²) < 4.78 is 2.52. The minimum atomic E-state index is 0.0228. The first-order valence-corrected chi connectivity index (χ1v) is 15.7. The van der Waals surface area contributed by atoms with Gasteiger partial charge in [0, 0.05) is 43.0 Å². The molecule has 0 N–H and O–H groups in total. The molecule has 4 aromatic rings. The maximum absolute atomic E-state index is 13.5. The summed E-state index contributed by atoms with van der Waals surface area (Å²) in [4.78, 5) is 27.6. The van der Waals surface area contributed by atoms with Gasteiger partial charge in [-0.2, -0.15) is 0 Å². The van der Waals surface area contributed by atoms with Gasteiger partial charge in [-0.3, -0.25) is 14.7 Å². The second-order valence-corrected chi connectivity index (χ2v) is 12.6. The van der Waals surface area contributed by atoms with Crippen LogP contribution in [0.1, 0.15) is 78.4 Å². The molecular weight excluding hydrogens is 518 g/mol. The van der Waals surface area contributed by atoms with Crippen LogP contribution >= 0.6 is 0 Å². The Kier molecular flexibility index (Phi) is 7.19. The fourth-order valence-electron chi connectivity index (χ4n) is 8.31. The zero-order valence-corrected chi connectivity index (χ0v) is 24.7. The summed E-state index contributed by atoms with van der Waals surface area (Å²) in [7, 11) is 0. The average Bonchev–Trinajstić information content (AvgIpc) is 3.50. The molecule has 3 aliphatic heterocycles. The Balaban J connectivity index is 1.07. The number of imidazole rings is 1. The van der Waals surface area contributed by atoms with Crippen LogP contribution in [0.5, 0.6) is 0 Å². The van der Waals surface area contributed by atoms with Crippen LogP contribution < -0.4 is 0 Å². The zero-order chi connectivity index (χ0) is 28.7. The lowest BCUT2D eigenvalue weighted by Gasteiger charge is -2.45. The fourth-order valence-corrected chi connectivity index (χ4v) is 8.31. The molecule has 0 saturated carbocycles. The number of benzene rings is 2. The smallest absolute Gasteiger partial charge is 0.273 e. The molecule has 2 bridgehead atoms. The fraction of sp³-hybridized carbons (Fsp3) is 0.417. The number of nitrogens with zero attached hydrogens (tertiary/aromatic N) is 5. The lowest BCUT2D eigenvalue weighted by molar-refractivity contribution is 0.0602. The van der Waals surface area contributed by atoms with Gasteiger partial charge in [0.15, 0.2) is 0 Å². The van der Waals surface area contributed by atoms with Crippen molar-refractivity contribution in [3.8, 4) is 0 Å². The van der Waals surface area contributed by atoms with E-state index in [4.69, 9.17) is 4.98 Å². The first-order chi connectivity index (χ1) is 20.6. The van der Waals surface area contributed by atoms with Gasteiger partial charge in [-0.05, 0) is 87.6 Å². The summed E-state index contributed by atoms with van der Waals surface area (Å²) in [6.45, 7) is 8.68. The van der Waals surface area contributed by atoms with Crippen LogP contribution in [0, 0.1) is 6.92 Å². The highest BCUT2D eigenvalue weighted by molar-refractivity contribution is 5.95. The van der Waals surface area contributed by atoms with E-state index in [9.17, 15) is 4.79 Å². The van der Waals surface area contributed by atoms with Crippen molar-refractivity contribution >= 4 is 23.0 Å². The summed E-state index contributed by atoms with van der Waals surface area (Å²) in [5, 5.41) is 0. The Hall–Kier alpha value is -3.77. The van der Waals surface area contributed by atoms with Crippen molar-refractivity contribution in [1.82, 2.24) is 24.3 Å². The Labute approximate surface area is 249 Å². The number of pyridine rings is 1. The lowest BCUT2D eigenvalue weighted by atomic mass is 9.70. The second kappa shape index (κ2) is 11.1. The number of amides is 1. The number of hydrogen-bond donors (Lipinski definition) is 0. The molecule has 2 aromatic carbocycles. The molecule has 0 aliphatic carbocycles. The highest BCUT2D eigenvalue weighted by atomic mass is 16.2. The SMILES string of the molecule is C=Cc1cccnc1C(=O)N1CCC(CCN2C3CCC2CC(n2c(C)nc4ccccc42)C3)(c2ccccc2)CC1. The van der Waals surface area contributed by atoms with Gasteiger partial charge >= 0.3 is 0 Å². The summed E-state index contributed by atoms with van der Waals surface area (Å²) in [5.74, 6) is 1.17. The van der Waals surface area contributed by atoms with Crippen molar-refractivity contribution in [2.75, 3.05) is 19.6 Å². The van der Waals surface area contributed by atoms with E-state index in [0.717, 1.165) is 55.8 Å². The third-order valence-electron chi connectivity index (χ3n) is 10.5. The number of hydrogen-bond acceptors (Lipinski definition) is 4. The van der Waals surface area contributed by atoms with Crippen LogP contribution in [-0.2, 0) is 5.41 Å². The largest absolute Gasteiger partial charge is 0.337 e. The van der Waals surface area contributed by atoms with Crippen LogP contribution in [0.3, 0.4) is 0 Å². The highest BCUT2D eigenvalue weighted by Crippen LogP contribution is 2.45. The van der Waals surface area contributed by atoms with E-state index >= 15 is 0 Å². The molecule has 3 aliphatic rings. The van der Waals surface area contributed by atoms with E-state index in [1.165, 1.54) is 36.8 Å². The van der Waals surface area contributed by atoms with Crippen molar-refractivity contribution < 1.29 is 4.79 Å². The first kappa shape index (κ1) is 27.1. The zero-order valence-electron chi connectivity index (χ0n) is 24.7. The monoisotopic (exact) mass is 559 g/mol. The molecule has 2 aromatic heterocycles. The molecule has 1 amide bonds. The van der Waals surface area contributed by atoms with E-state index in [1.54, 1.807) is 12.3 Å². The van der Waals surface area contributed by atoms with Crippen molar-refractivity contribution in [1.29, 1.82) is 0 Å². The van der Waals surface area contributed by atoms with Gasteiger partial charge in [-0.25, -0.2) is 4.98 Å². The van der Waals surface area contributed by atoms with Gasteiger partial charge in [0.05, 0.1) is 11.0 Å². The van der Waals surface area contributed by atoms with Gasteiger partial charge < -0.3 is 9.47 Å². The molecule has 7 rings (SSSR count). The predicted octanol–water partition coefficient (Wildman–Crippen LogP) is 6.81. The summed E-state index contributed by atoms with van der Waals surface area (Å²) >= 11 is 0. The molecule has 6 nitrogen and oxygen atoms in total. The number of aromatic nitrogens is 3. The first-order valence-electron chi connectivity index (χ1n) is 15.7. The molecular formula is C36H41N5O. The topological polar surface area (TPSA) is 54.3 Å². The predicted molar refractivity (Wildman–Crippen MR) is 168 cm³/mol. The van der Waals surface area contributed by atoms with Crippen LogP contribution in [0.4, 0.5) is 0 Å². The van der Waals surface area contributed by atoms with Crippen molar-refractivity contribution in [2.24, 2.45) is 0 Å². The molecule has 2 unspecified atom stereocenters. The van der Waals surface area contributed by atoms with Gasteiger partial charge in [0.2, 0.25) is 0 Å². The third kappa shape index (κ3) is 4.76. The molecule has 0 spiro atoms. The number of para-hydroxylation sites is 2. The number of fused-ring (bicyclic) bond motifs is 3. The molecule has 42 heavy (non-hydrogen) atoms. The Morgan fingerprint density at radius 2 is 1.67 bits per heavy atom. The summed E-state index contributed by atoms with van der Waals surface area (Å²) in [6.07, 6.45) is 11.5. The Morgan fingerprint density at radius 1 is 0.952 bits per heavy atom. The molecule has 0 radical (unpaired) electrons. The van der Waals surface area contributed by atoms with Crippen molar-refractivity contribution in [3.63, 3.8) is 0 Å². The van der Waals surface area contributed by atoms with Crippen LogP contribution in [-0.4, -0.2) is 62.0 Å². The van der Waals surface area contributed by atoms with Gasteiger partial charge in [-0.15, -0.1) is 0 Å². The average molecular weight is 560 g/mol. The Morgan fingerprint density at radius 3 is 2.40 bits per heavy atom. The van der Waals surface area contributed by atoms with Crippen LogP contribution in [0.15, 0.2) is 79.5 Å². The van der Waals surface area contributed by atoms with Gasteiger partial charge in [0.1, 0.15) is 11.5 Å². The standard InChI is InChI=1S/C36H41N5O/c1-3-27-10-9-20-37-34(27)35(42)39-21-17-36(18-22-39,28-11-5-4-6-12-28)19-23-40-29-15-16-30(40)25-31(24-29)41-26(2)38-32-13-7-8-14-33(32)41/h3-14,20,29-31H,1,15-19,21-25H2,2H3. The van der Waals surface area contributed by atoms with E-state index in [-0.39, 0.29) is 11.3 Å². The quantitative estimate of drug-likeness (QED) is 0.250. The van der Waals surface area contributed by atoms with Crippen LogP contribution in [0.25, 0.3) is 17.1 Å². The molecule has 6 heteroatoms. The van der Waals surface area contributed by atoms with Crippen molar-refractivity contribution in [3.05, 3.63) is 102 Å². The van der Waals surface area contributed by atoms with E-state index < -0.39 is 0 Å². The van der Waals surface area contributed by atoms with Gasteiger partial charge in [0.25, 0.3) is 5.91 Å². The van der Waals surface area contributed by atoms with E-state index in [0.29, 0.717) is 23.8 Å². The van der Waals surface area contributed by atoms with E-state index in [2.05, 4.69) is 82.6 Å². The second-order valence-electron chi connectivity index (χ2n) is 12.6. The maximum Gasteiger partial charge on any atom is 0.273 e. The van der Waals surface area contributed by atoms with E-state index in [1.807, 2.05) is 17.0 Å². The number of rotatable bonds is 7. The maximum atomic E-state index is 13.5. The van der Waals surface area contributed by atoms with Crippen molar-refractivity contribution in [2.45, 2.75) is 75.4 Å². The minimum absolute atomic E-state index is 0.0228. The van der Waals surface area contributed by atoms with Gasteiger partial charge in [-0.1, -0.05) is 61.2 Å². The number of likely N-dealkylation sites (tertiary alicyclic amines) is 1.